The molecule has 1 aliphatic carbocycles. The van der Waals surface area contributed by atoms with Crippen LogP contribution in [0.25, 0.3) is 0 Å². The molecule has 1 saturated heterocycles. The molecule has 0 bridgehead atoms. The van der Waals surface area contributed by atoms with Crippen molar-refractivity contribution in [1.29, 1.82) is 0 Å². The topological polar surface area (TPSA) is 66.6 Å². The zero-order valence-corrected chi connectivity index (χ0v) is 8.52. The lowest BCUT2D eigenvalue weighted by atomic mass is 9.98. The molecule has 3 N–H and O–H groups in total. The molecule has 2 rings (SSSR count). The maximum absolute atomic E-state index is 10.7. The van der Waals surface area contributed by atoms with E-state index in [2.05, 4.69) is 6.92 Å². The van der Waals surface area contributed by atoms with E-state index in [1.807, 2.05) is 0 Å². The number of nitrogens with zero attached hydrogens (tertiary/aromatic N) is 1. The standard InChI is InChI=1S/C10H18N2O2/c1-6(11)7-2-8-4-12(10(13)14)5-9(8)3-7/h6-9H,2-5,11H2,1H3,(H,13,14). The molecule has 4 heteroatoms. The second-order valence-corrected chi connectivity index (χ2v) is 4.80. The minimum atomic E-state index is -0.767. The van der Waals surface area contributed by atoms with Gasteiger partial charge >= 0.3 is 6.09 Å². The van der Waals surface area contributed by atoms with Gasteiger partial charge in [-0.1, -0.05) is 0 Å². The highest BCUT2D eigenvalue weighted by Crippen LogP contribution is 2.42. The summed E-state index contributed by atoms with van der Waals surface area (Å²) in [6.45, 7) is 3.51. The van der Waals surface area contributed by atoms with Gasteiger partial charge in [-0.25, -0.2) is 4.79 Å². The van der Waals surface area contributed by atoms with E-state index in [4.69, 9.17) is 10.8 Å². The van der Waals surface area contributed by atoms with E-state index in [0.717, 1.165) is 25.9 Å². The Morgan fingerprint density at radius 3 is 2.29 bits per heavy atom. The number of rotatable bonds is 1. The zero-order valence-electron chi connectivity index (χ0n) is 8.52. The molecule has 0 spiro atoms. The Bertz CT molecular complexity index is 228. The number of hydrogen-bond donors (Lipinski definition) is 2. The average Bonchev–Trinajstić information content (AvgIpc) is 2.57. The summed E-state index contributed by atoms with van der Waals surface area (Å²) in [5, 5.41) is 8.84. The predicted octanol–water partition coefficient (Wildman–Crippen LogP) is 0.970. The number of likely N-dealkylation sites (tertiary alicyclic amines) is 1. The highest BCUT2D eigenvalue weighted by molar-refractivity contribution is 5.65. The van der Waals surface area contributed by atoms with Crippen LogP contribution in [0.15, 0.2) is 0 Å². The molecule has 0 aromatic carbocycles. The SMILES string of the molecule is CC(N)C1CC2CN(C(=O)O)CC2C1. The highest BCUT2D eigenvalue weighted by Gasteiger charge is 2.43. The Morgan fingerprint density at radius 2 is 1.93 bits per heavy atom. The molecule has 14 heavy (non-hydrogen) atoms. The lowest BCUT2D eigenvalue weighted by Gasteiger charge is -2.18. The van der Waals surface area contributed by atoms with Gasteiger partial charge in [0.2, 0.25) is 0 Å². The van der Waals surface area contributed by atoms with Crippen LogP contribution < -0.4 is 5.73 Å². The van der Waals surface area contributed by atoms with E-state index < -0.39 is 6.09 Å². The molecular formula is C10H18N2O2. The van der Waals surface area contributed by atoms with Crippen LogP contribution in [0.4, 0.5) is 4.79 Å². The molecule has 1 saturated carbocycles. The number of carbonyl (C=O) groups is 1. The first kappa shape index (κ1) is 9.77. The van der Waals surface area contributed by atoms with Crippen LogP contribution in [0.5, 0.6) is 0 Å². The molecule has 4 nitrogen and oxygen atoms in total. The van der Waals surface area contributed by atoms with Crippen molar-refractivity contribution in [2.75, 3.05) is 13.1 Å². The summed E-state index contributed by atoms with van der Waals surface area (Å²) in [5.41, 5.74) is 5.87. The fraction of sp³-hybridized carbons (Fsp3) is 0.900. The van der Waals surface area contributed by atoms with Crippen molar-refractivity contribution in [3.63, 3.8) is 0 Å². The Morgan fingerprint density at radius 1 is 1.43 bits per heavy atom. The third-order valence-corrected chi connectivity index (χ3v) is 3.80. The van der Waals surface area contributed by atoms with Gasteiger partial charge in [-0.05, 0) is 37.5 Å². The second kappa shape index (κ2) is 3.42. The van der Waals surface area contributed by atoms with Crippen LogP contribution >= 0.6 is 0 Å². The number of amides is 1. The van der Waals surface area contributed by atoms with Crippen molar-refractivity contribution in [1.82, 2.24) is 4.90 Å². The molecule has 0 radical (unpaired) electrons. The van der Waals surface area contributed by atoms with Gasteiger partial charge in [0.15, 0.2) is 0 Å². The second-order valence-electron chi connectivity index (χ2n) is 4.80. The molecule has 2 fully saturated rings. The number of hydrogen-bond acceptors (Lipinski definition) is 2. The first-order valence-corrected chi connectivity index (χ1v) is 5.31. The van der Waals surface area contributed by atoms with Gasteiger partial charge in [-0.15, -0.1) is 0 Å². The fourth-order valence-electron chi connectivity index (χ4n) is 2.93. The van der Waals surface area contributed by atoms with Gasteiger partial charge in [-0.2, -0.15) is 0 Å². The normalized spacial score (nSPS) is 38.4. The molecule has 80 valence electrons. The zero-order chi connectivity index (χ0) is 10.3. The van der Waals surface area contributed by atoms with E-state index in [-0.39, 0.29) is 6.04 Å². The molecule has 1 amide bonds. The van der Waals surface area contributed by atoms with Gasteiger partial charge in [0.1, 0.15) is 0 Å². The summed E-state index contributed by atoms with van der Waals surface area (Å²) < 4.78 is 0. The van der Waals surface area contributed by atoms with Crippen LogP contribution in [0.3, 0.4) is 0 Å². The van der Waals surface area contributed by atoms with E-state index >= 15 is 0 Å². The average molecular weight is 198 g/mol. The fourth-order valence-corrected chi connectivity index (χ4v) is 2.93. The van der Waals surface area contributed by atoms with Crippen LogP contribution in [-0.2, 0) is 0 Å². The van der Waals surface area contributed by atoms with Gasteiger partial charge in [0, 0.05) is 19.1 Å². The molecule has 0 aromatic rings. The third kappa shape index (κ3) is 1.59. The summed E-state index contributed by atoms with van der Waals surface area (Å²) >= 11 is 0. The van der Waals surface area contributed by atoms with Crippen molar-refractivity contribution in [3.8, 4) is 0 Å². The molecular weight excluding hydrogens is 180 g/mol. The van der Waals surface area contributed by atoms with Gasteiger partial charge in [0.25, 0.3) is 0 Å². The predicted molar refractivity (Wildman–Crippen MR) is 53.0 cm³/mol. The van der Waals surface area contributed by atoms with Crippen molar-refractivity contribution in [2.24, 2.45) is 23.5 Å². The maximum atomic E-state index is 10.7. The Balaban J connectivity index is 1.93. The van der Waals surface area contributed by atoms with Crippen molar-refractivity contribution in [3.05, 3.63) is 0 Å². The van der Waals surface area contributed by atoms with Crippen LogP contribution in [0, 0.1) is 17.8 Å². The van der Waals surface area contributed by atoms with Crippen molar-refractivity contribution in [2.45, 2.75) is 25.8 Å². The van der Waals surface area contributed by atoms with Crippen molar-refractivity contribution >= 4 is 6.09 Å². The van der Waals surface area contributed by atoms with Crippen LogP contribution in [0.1, 0.15) is 19.8 Å². The van der Waals surface area contributed by atoms with E-state index in [1.54, 1.807) is 4.90 Å². The smallest absolute Gasteiger partial charge is 0.407 e. The van der Waals surface area contributed by atoms with Gasteiger partial charge in [-0.3, -0.25) is 0 Å². The number of nitrogens with two attached hydrogens (primary N) is 1. The van der Waals surface area contributed by atoms with Crippen LogP contribution in [0.2, 0.25) is 0 Å². The monoisotopic (exact) mass is 198 g/mol. The van der Waals surface area contributed by atoms with Crippen molar-refractivity contribution < 1.29 is 9.90 Å². The highest BCUT2D eigenvalue weighted by atomic mass is 16.4. The summed E-state index contributed by atoms with van der Waals surface area (Å²) in [4.78, 5) is 12.3. The quantitative estimate of drug-likeness (QED) is 0.659. The Labute approximate surface area is 84.1 Å². The van der Waals surface area contributed by atoms with E-state index in [0.29, 0.717) is 17.8 Å². The molecule has 1 heterocycles. The molecule has 0 aromatic heterocycles. The minimum absolute atomic E-state index is 0.263. The lowest BCUT2D eigenvalue weighted by Crippen LogP contribution is -2.30. The minimum Gasteiger partial charge on any atom is -0.465 e. The molecule has 3 unspecified atom stereocenters. The largest absolute Gasteiger partial charge is 0.465 e. The Kier molecular flexibility index (Phi) is 2.39. The van der Waals surface area contributed by atoms with E-state index in [9.17, 15) is 4.79 Å². The molecule has 2 aliphatic rings. The Hall–Kier alpha value is -0.770. The first-order valence-electron chi connectivity index (χ1n) is 5.31. The van der Waals surface area contributed by atoms with Gasteiger partial charge in [0.05, 0.1) is 0 Å². The summed E-state index contributed by atoms with van der Waals surface area (Å²) in [7, 11) is 0. The third-order valence-electron chi connectivity index (χ3n) is 3.80. The first-order chi connectivity index (χ1) is 6.58. The van der Waals surface area contributed by atoms with E-state index in [1.165, 1.54) is 0 Å². The lowest BCUT2D eigenvalue weighted by molar-refractivity contribution is 0.151. The molecule has 3 atom stereocenters. The molecule has 1 aliphatic heterocycles. The summed E-state index contributed by atoms with van der Waals surface area (Å²) in [5.74, 6) is 1.75. The summed E-state index contributed by atoms with van der Waals surface area (Å²) in [6, 6.07) is 0.263. The van der Waals surface area contributed by atoms with Gasteiger partial charge < -0.3 is 15.7 Å². The van der Waals surface area contributed by atoms with Crippen LogP contribution in [-0.4, -0.2) is 35.2 Å². The maximum Gasteiger partial charge on any atom is 0.407 e. The number of carboxylic acid groups (broad SMARTS) is 1. The summed E-state index contributed by atoms with van der Waals surface area (Å²) in [6.07, 6.45) is 1.47. The number of fused-ring (bicyclic) bond motifs is 1.